The van der Waals surface area contributed by atoms with Gasteiger partial charge in [-0.05, 0) is 12.1 Å². The summed E-state index contributed by atoms with van der Waals surface area (Å²) in [6.45, 7) is 3.81. The normalized spacial score (nSPS) is 18.9. The summed E-state index contributed by atoms with van der Waals surface area (Å²) in [5.41, 5.74) is 0.548. The van der Waals surface area contributed by atoms with Gasteiger partial charge in [0.05, 0.1) is 46.5 Å². The molecule has 0 amide bonds. The standard InChI is InChI=1S/C13H19N3O3/c1-16(2)5-3-15(4-6-16)14-9-10-7-11(17)13(19)12(18)8-10/h7-9H,3-6H2,1-2H3,(H2-,14,17,18,19)/p+1. The molecule has 6 heteroatoms. The van der Waals surface area contributed by atoms with Crippen molar-refractivity contribution >= 4 is 6.21 Å². The molecule has 1 aromatic rings. The zero-order valence-electron chi connectivity index (χ0n) is 11.2. The number of nitrogens with zero attached hydrogens (tertiary/aromatic N) is 3. The minimum absolute atomic E-state index is 0.349. The third kappa shape index (κ3) is 3.29. The number of benzene rings is 1. The van der Waals surface area contributed by atoms with Crippen molar-refractivity contribution in [2.24, 2.45) is 5.10 Å². The van der Waals surface area contributed by atoms with Crippen molar-refractivity contribution in [3.8, 4) is 17.2 Å². The molecule has 1 aliphatic rings. The molecule has 0 aromatic heterocycles. The van der Waals surface area contributed by atoms with E-state index in [0.29, 0.717) is 5.56 Å². The zero-order valence-corrected chi connectivity index (χ0v) is 11.2. The summed E-state index contributed by atoms with van der Waals surface area (Å²) in [5.74, 6) is -1.20. The first kappa shape index (κ1) is 13.5. The number of rotatable bonds is 2. The molecule has 0 bridgehead atoms. The summed E-state index contributed by atoms with van der Waals surface area (Å²) in [6.07, 6.45) is 1.57. The molecule has 0 atom stereocenters. The van der Waals surface area contributed by atoms with Crippen LogP contribution in [0, 0.1) is 0 Å². The van der Waals surface area contributed by atoms with E-state index >= 15 is 0 Å². The Labute approximate surface area is 112 Å². The summed E-state index contributed by atoms with van der Waals surface area (Å²) in [4.78, 5) is 0. The highest BCUT2D eigenvalue weighted by Gasteiger charge is 2.22. The second-order valence-electron chi connectivity index (χ2n) is 5.49. The quantitative estimate of drug-likeness (QED) is 0.414. The number of aromatic hydroxyl groups is 3. The first-order chi connectivity index (χ1) is 8.87. The maximum absolute atomic E-state index is 9.40. The Morgan fingerprint density at radius 2 is 1.63 bits per heavy atom. The first-order valence-electron chi connectivity index (χ1n) is 6.23. The highest BCUT2D eigenvalue weighted by molar-refractivity contribution is 5.82. The van der Waals surface area contributed by atoms with Gasteiger partial charge in [0.1, 0.15) is 0 Å². The lowest BCUT2D eigenvalue weighted by molar-refractivity contribution is -0.894. The molecule has 104 valence electrons. The third-order valence-electron chi connectivity index (χ3n) is 3.39. The van der Waals surface area contributed by atoms with Crippen LogP contribution in [0.3, 0.4) is 0 Å². The van der Waals surface area contributed by atoms with Gasteiger partial charge in [-0.25, -0.2) is 0 Å². The number of phenolic OH excluding ortho intramolecular Hbond substituents is 3. The maximum Gasteiger partial charge on any atom is 0.200 e. The van der Waals surface area contributed by atoms with E-state index in [0.717, 1.165) is 30.7 Å². The van der Waals surface area contributed by atoms with Crippen molar-refractivity contribution in [3.05, 3.63) is 17.7 Å². The van der Waals surface area contributed by atoms with Crippen molar-refractivity contribution in [2.45, 2.75) is 0 Å². The summed E-state index contributed by atoms with van der Waals surface area (Å²) >= 11 is 0. The van der Waals surface area contributed by atoms with Gasteiger partial charge in [-0.15, -0.1) is 0 Å². The lowest BCUT2D eigenvalue weighted by Gasteiger charge is -2.37. The Balaban J connectivity index is 2.04. The summed E-state index contributed by atoms with van der Waals surface area (Å²) in [7, 11) is 4.38. The van der Waals surface area contributed by atoms with Gasteiger partial charge in [0.2, 0.25) is 0 Å². The van der Waals surface area contributed by atoms with Crippen molar-refractivity contribution in [1.29, 1.82) is 0 Å². The molecular formula is C13H20N3O3+. The second-order valence-corrected chi connectivity index (χ2v) is 5.49. The van der Waals surface area contributed by atoms with Crippen molar-refractivity contribution in [1.82, 2.24) is 5.01 Å². The van der Waals surface area contributed by atoms with Crippen LogP contribution in [0.15, 0.2) is 17.2 Å². The van der Waals surface area contributed by atoms with Gasteiger partial charge in [-0.1, -0.05) is 0 Å². The van der Waals surface area contributed by atoms with E-state index in [2.05, 4.69) is 19.2 Å². The van der Waals surface area contributed by atoms with Crippen LogP contribution >= 0.6 is 0 Å². The zero-order chi connectivity index (χ0) is 14.0. The van der Waals surface area contributed by atoms with E-state index in [1.54, 1.807) is 6.21 Å². The molecule has 0 saturated carbocycles. The predicted octanol–water partition coefficient (Wildman–Crippen LogP) is 0.529. The number of piperazine rings is 1. The van der Waals surface area contributed by atoms with Crippen LogP contribution in [0.4, 0.5) is 0 Å². The first-order valence-corrected chi connectivity index (χ1v) is 6.23. The fraction of sp³-hybridized carbons (Fsp3) is 0.462. The molecule has 0 spiro atoms. The average Bonchev–Trinajstić information content (AvgIpc) is 2.34. The van der Waals surface area contributed by atoms with Crippen LogP contribution in [-0.4, -0.2) is 71.3 Å². The Bertz CT molecular complexity index is 467. The lowest BCUT2D eigenvalue weighted by Crippen LogP contribution is -2.53. The van der Waals surface area contributed by atoms with E-state index in [1.165, 1.54) is 12.1 Å². The van der Waals surface area contributed by atoms with E-state index < -0.39 is 5.75 Å². The number of likely N-dealkylation sites (N-methyl/N-ethyl adjacent to an activating group) is 1. The van der Waals surface area contributed by atoms with Gasteiger partial charge >= 0.3 is 0 Å². The van der Waals surface area contributed by atoms with Crippen molar-refractivity contribution in [2.75, 3.05) is 40.3 Å². The van der Waals surface area contributed by atoms with E-state index in [4.69, 9.17) is 0 Å². The van der Waals surface area contributed by atoms with Crippen molar-refractivity contribution < 1.29 is 19.8 Å². The third-order valence-corrected chi connectivity index (χ3v) is 3.39. The van der Waals surface area contributed by atoms with Crippen LogP contribution in [0.2, 0.25) is 0 Å². The monoisotopic (exact) mass is 266 g/mol. The highest BCUT2D eigenvalue weighted by atomic mass is 16.3. The Morgan fingerprint density at radius 3 is 2.16 bits per heavy atom. The number of hydrogen-bond donors (Lipinski definition) is 3. The molecule has 0 unspecified atom stereocenters. The predicted molar refractivity (Wildman–Crippen MR) is 72.4 cm³/mol. The smallest absolute Gasteiger partial charge is 0.200 e. The molecule has 1 aliphatic heterocycles. The van der Waals surface area contributed by atoms with E-state index in [-0.39, 0.29) is 11.5 Å². The SMILES string of the molecule is C[N+]1(C)CCN(/N=C\c2cc(O)c(O)c(O)c2)CC1. The maximum atomic E-state index is 9.40. The van der Waals surface area contributed by atoms with Gasteiger partial charge in [0.15, 0.2) is 17.2 Å². The number of quaternary nitrogens is 1. The topological polar surface area (TPSA) is 76.3 Å². The second kappa shape index (κ2) is 4.97. The van der Waals surface area contributed by atoms with Gasteiger partial charge < -0.3 is 19.8 Å². The molecule has 3 N–H and O–H groups in total. The molecule has 1 heterocycles. The molecule has 2 rings (SSSR count). The van der Waals surface area contributed by atoms with Crippen LogP contribution in [0.1, 0.15) is 5.56 Å². The Kier molecular flexibility index (Phi) is 3.53. The molecular weight excluding hydrogens is 246 g/mol. The van der Waals surface area contributed by atoms with Crippen LogP contribution in [-0.2, 0) is 0 Å². The minimum atomic E-state index is -0.505. The minimum Gasteiger partial charge on any atom is -0.504 e. The van der Waals surface area contributed by atoms with Crippen LogP contribution < -0.4 is 0 Å². The largest absolute Gasteiger partial charge is 0.504 e. The Morgan fingerprint density at radius 1 is 1.11 bits per heavy atom. The molecule has 1 fully saturated rings. The Hall–Kier alpha value is -1.95. The average molecular weight is 266 g/mol. The van der Waals surface area contributed by atoms with E-state index in [9.17, 15) is 15.3 Å². The lowest BCUT2D eigenvalue weighted by atomic mass is 10.2. The molecule has 1 saturated heterocycles. The molecule has 0 aliphatic carbocycles. The fourth-order valence-electron chi connectivity index (χ4n) is 1.96. The summed E-state index contributed by atoms with van der Waals surface area (Å²) in [6, 6.07) is 2.73. The number of hydrazone groups is 1. The highest BCUT2D eigenvalue weighted by Crippen LogP contribution is 2.34. The molecule has 1 aromatic carbocycles. The van der Waals surface area contributed by atoms with Gasteiger partial charge in [0, 0.05) is 5.56 Å². The molecule has 19 heavy (non-hydrogen) atoms. The summed E-state index contributed by atoms with van der Waals surface area (Å²) in [5, 5.41) is 34.3. The van der Waals surface area contributed by atoms with Crippen LogP contribution in [0.5, 0.6) is 17.2 Å². The number of hydrogen-bond acceptors (Lipinski definition) is 5. The van der Waals surface area contributed by atoms with Gasteiger partial charge in [-0.3, -0.25) is 5.01 Å². The fourth-order valence-corrected chi connectivity index (χ4v) is 1.96. The van der Waals surface area contributed by atoms with Gasteiger partial charge in [-0.2, -0.15) is 5.10 Å². The van der Waals surface area contributed by atoms with Crippen molar-refractivity contribution in [3.63, 3.8) is 0 Å². The van der Waals surface area contributed by atoms with Gasteiger partial charge in [0.25, 0.3) is 0 Å². The number of phenols is 3. The summed E-state index contributed by atoms with van der Waals surface area (Å²) < 4.78 is 0.993. The molecule has 6 nitrogen and oxygen atoms in total. The van der Waals surface area contributed by atoms with E-state index in [1.807, 2.05) is 5.01 Å². The molecule has 0 radical (unpaired) electrons. The van der Waals surface area contributed by atoms with Crippen LogP contribution in [0.25, 0.3) is 0 Å².